The lowest BCUT2D eigenvalue weighted by Gasteiger charge is -2.09. The van der Waals surface area contributed by atoms with E-state index < -0.39 is 36.5 Å². The quantitative estimate of drug-likeness (QED) is 0.0301. The lowest BCUT2D eigenvalue weighted by Crippen LogP contribution is -2.11. The number of methoxy groups -OCH3 is 1. The molecule has 0 unspecified atom stereocenters. The number of halogens is 3. The van der Waals surface area contributed by atoms with E-state index in [1.54, 1.807) is 38.4 Å². The number of ether oxygens (including phenoxy) is 5. The normalized spacial score (nSPS) is 8.88. The minimum absolute atomic E-state index is 0. The fourth-order valence-electron chi connectivity index (χ4n) is 4.81. The number of amides is 2. The van der Waals surface area contributed by atoms with Gasteiger partial charge in [0.05, 0.1) is 19.3 Å². The van der Waals surface area contributed by atoms with E-state index in [-0.39, 0.29) is 71.6 Å². The Bertz CT molecular complexity index is 2130. The molecule has 0 aliphatic carbocycles. The van der Waals surface area contributed by atoms with Crippen molar-refractivity contribution in [2.75, 3.05) is 41.0 Å². The van der Waals surface area contributed by atoms with E-state index in [4.69, 9.17) is 28.9 Å². The summed E-state index contributed by atoms with van der Waals surface area (Å²) in [5.41, 5.74) is 10.5. The van der Waals surface area contributed by atoms with Crippen LogP contribution >= 0.6 is 0 Å². The van der Waals surface area contributed by atoms with E-state index in [9.17, 15) is 37.1 Å². The lowest BCUT2D eigenvalue weighted by molar-refractivity contribution is -0.147. The molecule has 4 rings (SSSR count). The van der Waals surface area contributed by atoms with Crippen molar-refractivity contribution in [3.05, 3.63) is 135 Å². The number of hydrogen-bond acceptors (Lipinski definition) is 12. The Hall–Kier alpha value is -7.50. The van der Waals surface area contributed by atoms with Gasteiger partial charge in [-0.2, -0.15) is 13.2 Å². The Morgan fingerprint density at radius 3 is 1.26 bits per heavy atom. The Kier molecular flexibility index (Phi) is 60.7. The lowest BCUT2D eigenvalue weighted by atomic mass is 10.0. The second-order valence-electron chi connectivity index (χ2n) is 15.0. The van der Waals surface area contributed by atoms with Crippen molar-refractivity contribution >= 4 is 48.2 Å². The fourth-order valence-corrected chi connectivity index (χ4v) is 4.81. The van der Waals surface area contributed by atoms with Gasteiger partial charge in [-0.05, 0) is 125 Å². The van der Waals surface area contributed by atoms with Crippen LogP contribution in [0.1, 0.15) is 145 Å². The van der Waals surface area contributed by atoms with Gasteiger partial charge < -0.3 is 39.4 Å². The molecule has 0 heterocycles. The number of carboxylic acids is 1. The molecule has 0 fully saturated rings. The number of benzene rings is 4. The first-order valence-corrected chi connectivity index (χ1v) is 23.8. The zero-order chi connectivity index (χ0) is 59.1. The highest BCUT2D eigenvalue weighted by atomic mass is 19.4. The van der Waals surface area contributed by atoms with Crippen LogP contribution in [0.15, 0.2) is 84.9 Å². The third kappa shape index (κ3) is 57.8. The van der Waals surface area contributed by atoms with Gasteiger partial charge >= 0.3 is 24.1 Å². The minimum Gasteiger partial charge on any atom is -0.494 e. The summed E-state index contributed by atoms with van der Waals surface area (Å²) in [5, 5.41) is 12.2. The van der Waals surface area contributed by atoms with Gasteiger partial charge in [0.2, 0.25) is 11.8 Å². The minimum atomic E-state index is -4.22. The van der Waals surface area contributed by atoms with Gasteiger partial charge in [-0.1, -0.05) is 109 Å². The second kappa shape index (κ2) is 54.3. The third-order valence-electron chi connectivity index (χ3n) is 8.38. The van der Waals surface area contributed by atoms with Gasteiger partial charge in [0.25, 0.3) is 12.4 Å². The first-order chi connectivity index (χ1) is 35.1. The van der Waals surface area contributed by atoms with E-state index in [2.05, 4.69) is 98.9 Å². The highest BCUT2D eigenvalue weighted by molar-refractivity contribution is 5.91. The summed E-state index contributed by atoms with van der Waals surface area (Å²) in [6, 6.07) is 23.2. The average Bonchev–Trinajstić information content (AvgIpc) is 3.34. The van der Waals surface area contributed by atoms with Crippen molar-refractivity contribution < 1.29 is 75.5 Å². The molecule has 444 valence electrons. The van der Waals surface area contributed by atoms with Crippen molar-refractivity contribution in [2.45, 2.75) is 145 Å². The number of alkyl halides is 3. The maximum atomic E-state index is 12.3. The van der Waals surface area contributed by atoms with Crippen molar-refractivity contribution in [3.63, 3.8) is 0 Å². The van der Waals surface area contributed by atoms with E-state index in [0.717, 1.165) is 6.92 Å². The van der Waals surface area contributed by atoms with Crippen LogP contribution in [0.5, 0.6) is 11.5 Å². The van der Waals surface area contributed by atoms with E-state index >= 15 is 0 Å². The fraction of sp³-hybridized carbons (Fsp3) is 0.450. The monoisotopic (exact) mass is 1110 g/mol. The molecule has 0 aromatic heterocycles. The molecule has 2 amide bonds. The van der Waals surface area contributed by atoms with Crippen LogP contribution in [0.2, 0.25) is 0 Å². The van der Waals surface area contributed by atoms with Crippen molar-refractivity contribution in [3.8, 4) is 11.5 Å². The molecule has 78 heavy (non-hydrogen) atoms. The van der Waals surface area contributed by atoms with E-state index in [1.165, 1.54) is 103 Å². The standard InChI is InChI=1S/C24H23F3O7.C10H14.C9H12.2C3H7NO.2C2H4O2.2C2H6.3CH4/c1-17(28)31-15-16-33-22(29)12-5-18-3-8-21(9-4-18)34-23(30)19-6-10-20(11-7-19)32-14-2-13-24(25,26)27;1-7-5-9(3)10(4)6-8(7)2;1-7-4-8(2)6-9(3)5-7;2*1-3(5)4-2;1-4-2-3;1-2(3)4;2*1-2;;;/h3-12H,2,13-16H2,1H3;5-6H,1-4H3;4-6H,1-3H3;2*1-2H3,(H,4,5);2H,1H3;1H3,(H,3,4);2*1-2H3;3*1H4/b12-5+;;;;;;;;;;;. The van der Waals surface area contributed by atoms with Crippen LogP contribution in [0.25, 0.3) is 6.08 Å². The molecule has 4 aromatic carbocycles. The van der Waals surface area contributed by atoms with Crippen LogP contribution in [-0.2, 0) is 43.0 Å². The maximum Gasteiger partial charge on any atom is 0.389 e. The number of carbonyl (C=O) groups excluding carboxylic acids is 6. The molecular formula is C60H95F3N2O13. The largest absolute Gasteiger partial charge is 0.494 e. The molecule has 15 nitrogen and oxygen atoms in total. The summed E-state index contributed by atoms with van der Waals surface area (Å²) in [7, 11) is 4.51. The maximum absolute atomic E-state index is 12.3. The Labute approximate surface area is 465 Å². The molecule has 0 atom stereocenters. The van der Waals surface area contributed by atoms with Gasteiger partial charge in [-0.15, -0.1) is 0 Å². The molecule has 0 saturated carbocycles. The van der Waals surface area contributed by atoms with E-state index in [0.29, 0.717) is 17.8 Å². The summed E-state index contributed by atoms with van der Waals surface area (Å²) in [5.74, 6) is -1.89. The summed E-state index contributed by atoms with van der Waals surface area (Å²) >= 11 is 0. The van der Waals surface area contributed by atoms with Crippen molar-refractivity contribution in [1.82, 2.24) is 10.6 Å². The van der Waals surface area contributed by atoms with E-state index in [1.807, 2.05) is 27.7 Å². The van der Waals surface area contributed by atoms with Gasteiger partial charge in [0, 0.05) is 54.3 Å². The smallest absolute Gasteiger partial charge is 0.389 e. The summed E-state index contributed by atoms with van der Waals surface area (Å²) in [6.45, 7) is 28.5. The van der Waals surface area contributed by atoms with Gasteiger partial charge in [0.1, 0.15) is 24.7 Å². The van der Waals surface area contributed by atoms with Gasteiger partial charge in [-0.3, -0.25) is 24.0 Å². The number of esters is 3. The van der Waals surface area contributed by atoms with Gasteiger partial charge in [0.15, 0.2) is 0 Å². The molecule has 0 saturated heterocycles. The van der Waals surface area contributed by atoms with Crippen LogP contribution in [0, 0.1) is 48.5 Å². The second-order valence-corrected chi connectivity index (χ2v) is 15.0. The molecule has 0 aliphatic heterocycles. The summed E-state index contributed by atoms with van der Waals surface area (Å²) < 4.78 is 60.3. The molecule has 0 radical (unpaired) electrons. The molecule has 3 N–H and O–H groups in total. The molecule has 18 heteroatoms. The number of carboxylic acid groups (broad SMARTS) is 1. The topological polar surface area (TPSA) is 210 Å². The number of aliphatic carboxylic acids is 1. The van der Waals surface area contributed by atoms with Crippen LogP contribution in [-0.4, -0.2) is 94.5 Å². The molecule has 0 aliphatic rings. The van der Waals surface area contributed by atoms with Crippen molar-refractivity contribution in [1.29, 1.82) is 0 Å². The molecule has 0 bridgehead atoms. The Morgan fingerprint density at radius 2 is 0.936 bits per heavy atom. The van der Waals surface area contributed by atoms with Crippen LogP contribution in [0.4, 0.5) is 13.2 Å². The van der Waals surface area contributed by atoms with Crippen molar-refractivity contribution in [2.24, 2.45) is 0 Å². The Morgan fingerprint density at radius 1 is 0.590 bits per heavy atom. The average molecular weight is 1110 g/mol. The summed E-state index contributed by atoms with van der Waals surface area (Å²) in [6.07, 6.45) is -2.58. The zero-order valence-electron chi connectivity index (χ0n) is 47.3. The predicted octanol–water partition coefficient (Wildman–Crippen LogP) is 13.6. The number of carbonyl (C=O) groups is 7. The SMILES string of the molecule is C.C.C.CC.CC.CC(=O)O.CC(=O)OCCOC(=O)/C=C/c1ccc(OC(=O)c2ccc(OCCCC(F)(F)F)cc2)cc1.CNC(C)=O.CNC(C)=O.COC=O.Cc1cc(C)c(C)cc1C.Cc1cc(C)cc(C)c1. The van der Waals surface area contributed by atoms with Gasteiger partial charge in [-0.25, -0.2) is 9.59 Å². The molecular weight excluding hydrogens is 1010 g/mol. The molecule has 0 spiro atoms. The number of aryl methyl sites for hydroxylation is 7. The molecule has 4 aromatic rings. The first-order valence-electron chi connectivity index (χ1n) is 23.8. The highest BCUT2D eigenvalue weighted by Gasteiger charge is 2.26. The van der Waals surface area contributed by atoms with Crippen LogP contribution in [0.3, 0.4) is 0 Å². The predicted molar refractivity (Wildman–Crippen MR) is 310 cm³/mol. The van der Waals surface area contributed by atoms with Crippen LogP contribution < -0.4 is 20.1 Å². The number of rotatable bonds is 12. The first kappa shape index (κ1) is 87.2. The summed E-state index contributed by atoms with van der Waals surface area (Å²) in [4.78, 5) is 71.8. The zero-order valence-corrected chi connectivity index (χ0v) is 47.3. The number of hydrogen-bond donors (Lipinski definition) is 3. The highest BCUT2D eigenvalue weighted by Crippen LogP contribution is 2.22. The Balaban J connectivity index is -0.000000150. The number of nitrogens with one attached hydrogen (secondary N) is 2. The third-order valence-corrected chi connectivity index (χ3v) is 8.38.